The van der Waals surface area contributed by atoms with Gasteiger partial charge in [0.15, 0.2) is 0 Å². The van der Waals surface area contributed by atoms with Crippen LogP contribution in [0.4, 0.5) is 11.4 Å². The van der Waals surface area contributed by atoms with E-state index in [9.17, 15) is 0 Å². The molecule has 0 bridgehead atoms. The Kier molecular flexibility index (Phi) is 13.6. The van der Waals surface area contributed by atoms with E-state index in [0.717, 1.165) is 31.4 Å². The lowest BCUT2D eigenvalue weighted by Gasteiger charge is -2.37. The third-order valence-electron chi connectivity index (χ3n) is 7.92. The second-order valence-electron chi connectivity index (χ2n) is 11.7. The van der Waals surface area contributed by atoms with Crippen LogP contribution in [0.15, 0.2) is 24.3 Å². The van der Waals surface area contributed by atoms with Gasteiger partial charge in [-0.1, -0.05) is 77.6 Å². The average molecular weight is 507 g/mol. The topological polar surface area (TPSA) is 29.3 Å². The molecule has 0 unspecified atom stereocenters. The fourth-order valence-corrected chi connectivity index (χ4v) is 5.89. The van der Waals surface area contributed by atoms with Gasteiger partial charge in [0.05, 0.1) is 0 Å². The van der Waals surface area contributed by atoms with Crippen molar-refractivity contribution in [3.05, 3.63) is 57.6 Å². The molecule has 0 spiro atoms. The van der Waals surface area contributed by atoms with Gasteiger partial charge in [0.25, 0.3) is 0 Å². The first-order valence-corrected chi connectivity index (χ1v) is 15.6. The summed E-state index contributed by atoms with van der Waals surface area (Å²) in [5, 5.41) is 0. The van der Waals surface area contributed by atoms with Crippen LogP contribution >= 0.6 is 0 Å². The summed E-state index contributed by atoms with van der Waals surface area (Å²) in [6.07, 6.45) is 15.3. The molecule has 0 fully saturated rings. The lowest BCUT2D eigenvalue weighted by molar-refractivity contribution is 0.598. The molecule has 0 saturated carbocycles. The van der Waals surface area contributed by atoms with Crippen LogP contribution in [0, 0.1) is 0 Å². The molecule has 37 heavy (non-hydrogen) atoms. The van der Waals surface area contributed by atoms with Gasteiger partial charge in [0.2, 0.25) is 0 Å². The largest absolute Gasteiger partial charge is 0.398 e. The van der Waals surface area contributed by atoms with Crippen LogP contribution < -0.4 is 10.6 Å². The molecule has 208 valence electrons. The van der Waals surface area contributed by atoms with E-state index < -0.39 is 0 Å². The zero-order chi connectivity index (χ0) is 27.4. The van der Waals surface area contributed by atoms with Gasteiger partial charge in [-0.15, -0.1) is 0 Å². The summed E-state index contributed by atoms with van der Waals surface area (Å²) in [6, 6.07) is 10.6. The maximum absolute atomic E-state index is 6.87. The van der Waals surface area contributed by atoms with Crippen LogP contribution in [0.25, 0.3) is 0 Å². The van der Waals surface area contributed by atoms with E-state index in [1.165, 1.54) is 85.7 Å². The first kappa shape index (κ1) is 31.3. The van der Waals surface area contributed by atoms with E-state index >= 15 is 0 Å². The molecule has 2 heteroatoms. The molecule has 2 rings (SSSR count). The molecule has 0 aliphatic heterocycles. The smallest absolute Gasteiger partial charge is 0.0438 e. The molecule has 0 radical (unpaired) electrons. The Morgan fingerprint density at radius 2 is 0.973 bits per heavy atom. The highest BCUT2D eigenvalue weighted by Gasteiger charge is 2.23. The standard InChI is InChI=1S/C35H58N2/c1-9-13-17-28-21-23-30(32(34(28)36)19-15-11-3)25-31-24-22-29(18-14-10-2)35(33(31)20-16-12-4)37(26(5)6)27(7)8/h21-24,26-27H,9-20,25,36H2,1-8H3. The Hall–Kier alpha value is -1.96. The Labute approximate surface area is 230 Å². The predicted molar refractivity (Wildman–Crippen MR) is 167 cm³/mol. The van der Waals surface area contributed by atoms with Crippen molar-refractivity contribution in [3.8, 4) is 0 Å². The maximum Gasteiger partial charge on any atom is 0.0438 e. The van der Waals surface area contributed by atoms with E-state index in [4.69, 9.17) is 5.73 Å². The van der Waals surface area contributed by atoms with Gasteiger partial charge in [-0.05, 0) is 119 Å². The molecule has 0 aliphatic carbocycles. The second kappa shape index (κ2) is 16.1. The number of aryl methyl sites for hydroxylation is 2. The molecule has 2 nitrogen and oxygen atoms in total. The lowest BCUT2D eigenvalue weighted by atomic mass is 9.86. The van der Waals surface area contributed by atoms with Crippen molar-refractivity contribution in [3.63, 3.8) is 0 Å². The second-order valence-corrected chi connectivity index (χ2v) is 11.7. The summed E-state index contributed by atoms with van der Waals surface area (Å²) in [6.45, 7) is 18.6. The number of nitrogens with zero attached hydrogens (tertiary/aromatic N) is 1. The van der Waals surface area contributed by atoms with Crippen molar-refractivity contribution in [2.75, 3.05) is 10.6 Å². The highest BCUT2D eigenvalue weighted by molar-refractivity contribution is 5.65. The fraction of sp³-hybridized carbons (Fsp3) is 0.657. The predicted octanol–water partition coefficient (Wildman–Crippen LogP) is 9.85. The van der Waals surface area contributed by atoms with Gasteiger partial charge in [0.1, 0.15) is 0 Å². The number of nitrogen functional groups attached to an aromatic ring is 1. The number of nitrogens with two attached hydrogens (primary N) is 1. The Bertz CT molecular complexity index is 933. The van der Waals surface area contributed by atoms with Crippen molar-refractivity contribution in [2.45, 2.75) is 151 Å². The highest BCUT2D eigenvalue weighted by Crippen LogP contribution is 2.36. The van der Waals surface area contributed by atoms with E-state index in [2.05, 4.69) is 84.6 Å². The number of unbranched alkanes of at least 4 members (excludes halogenated alkanes) is 4. The van der Waals surface area contributed by atoms with Crippen molar-refractivity contribution < 1.29 is 0 Å². The molecule has 0 amide bonds. The van der Waals surface area contributed by atoms with Crippen LogP contribution in [-0.2, 0) is 32.1 Å². The first-order valence-electron chi connectivity index (χ1n) is 15.6. The molecule has 2 N–H and O–H groups in total. The number of rotatable bonds is 17. The third kappa shape index (κ3) is 8.52. The number of benzene rings is 2. The summed E-state index contributed by atoms with van der Waals surface area (Å²) in [5.41, 5.74) is 18.3. The molecule has 2 aromatic rings. The van der Waals surface area contributed by atoms with Crippen LogP contribution in [0.1, 0.15) is 140 Å². The molecule has 0 heterocycles. The highest BCUT2D eigenvalue weighted by atomic mass is 15.2. The molecule has 0 atom stereocenters. The summed E-state index contributed by atoms with van der Waals surface area (Å²) in [4.78, 5) is 2.69. The molecular weight excluding hydrogens is 448 g/mol. The monoisotopic (exact) mass is 506 g/mol. The summed E-state index contributed by atoms with van der Waals surface area (Å²) >= 11 is 0. The fourth-order valence-electron chi connectivity index (χ4n) is 5.89. The van der Waals surface area contributed by atoms with Crippen molar-refractivity contribution in [1.29, 1.82) is 0 Å². The van der Waals surface area contributed by atoms with Crippen LogP contribution in [0.2, 0.25) is 0 Å². The maximum atomic E-state index is 6.87. The summed E-state index contributed by atoms with van der Waals surface area (Å²) < 4.78 is 0. The van der Waals surface area contributed by atoms with Crippen molar-refractivity contribution >= 4 is 11.4 Å². The van der Waals surface area contributed by atoms with Crippen LogP contribution in [0.5, 0.6) is 0 Å². The number of hydrogen-bond acceptors (Lipinski definition) is 2. The molecule has 0 saturated heterocycles. The van der Waals surface area contributed by atoms with Gasteiger partial charge in [-0.2, -0.15) is 0 Å². The van der Waals surface area contributed by atoms with Crippen molar-refractivity contribution in [2.24, 2.45) is 0 Å². The van der Waals surface area contributed by atoms with Gasteiger partial charge in [-0.25, -0.2) is 0 Å². The quantitative estimate of drug-likeness (QED) is 0.216. The third-order valence-corrected chi connectivity index (χ3v) is 7.92. The van der Waals surface area contributed by atoms with E-state index in [1.54, 1.807) is 11.1 Å². The minimum absolute atomic E-state index is 0.476. The van der Waals surface area contributed by atoms with E-state index in [0.29, 0.717) is 12.1 Å². The lowest BCUT2D eigenvalue weighted by Crippen LogP contribution is -2.38. The van der Waals surface area contributed by atoms with E-state index in [1.807, 2.05) is 0 Å². The molecule has 0 aliphatic rings. The first-order chi connectivity index (χ1) is 17.8. The van der Waals surface area contributed by atoms with Gasteiger partial charge >= 0.3 is 0 Å². The van der Waals surface area contributed by atoms with Crippen LogP contribution in [-0.4, -0.2) is 12.1 Å². The molecule has 2 aromatic carbocycles. The zero-order valence-electron chi connectivity index (χ0n) is 25.7. The summed E-state index contributed by atoms with van der Waals surface area (Å²) in [7, 11) is 0. The van der Waals surface area contributed by atoms with Gasteiger partial charge in [0, 0.05) is 23.5 Å². The number of anilines is 2. The van der Waals surface area contributed by atoms with Gasteiger partial charge in [-0.3, -0.25) is 0 Å². The molecular formula is C35H58N2. The Morgan fingerprint density at radius 1 is 0.568 bits per heavy atom. The van der Waals surface area contributed by atoms with Crippen molar-refractivity contribution in [1.82, 2.24) is 0 Å². The van der Waals surface area contributed by atoms with E-state index in [-0.39, 0.29) is 0 Å². The SMILES string of the molecule is CCCCc1ccc(Cc2ccc(CCCC)c(N(C(C)C)C(C)C)c2CCCC)c(CCCC)c1N. The number of hydrogen-bond donors (Lipinski definition) is 1. The van der Waals surface area contributed by atoms with Gasteiger partial charge < -0.3 is 10.6 Å². The minimum atomic E-state index is 0.476. The molecule has 0 aromatic heterocycles. The average Bonchev–Trinajstić information content (AvgIpc) is 2.86. The van der Waals surface area contributed by atoms with Crippen LogP contribution in [0.3, 0.4) is 0 Å². The Balaban J connectivity index is 2.68. The normalized spacial score (nSPS) is 11.6. The Morgan fingerprint density at radius 3 is 1.49 bits per heavy atom. The summed E-state index contributed by atoms with van der Waals surface area (Å²) in [5.74, 6) is 0. The minimum Gasteiger partial charge on any atom is -0.398 e. The zero-order valence-corrected chi connectivity index (χ0v) is 25.7.